The summed E-state index contributed by atoms with van der Waals surface area (Å²) in [7, 11) is -0.0498. The van der Waals surface area contributed by atoms with Crippen LogP contribution in [0.1, 0.15) is 31.9 Å². The van der Waals surface area contributed by atoms with Crippen molar-refractivity contribution in [1.29, 1.82) is 0 Å². The molecule has 4 rings (SSSR count). The second-order valence-corrected chi connectivity index (χ2v) is 14.3. The highest BCUT2D eigenvalue weighted by atomic mass is 28.4. The molecule has 0 aliphatic carbocycles. The first-order chi connectivity index (χ1) is 14.7. The summed E-state index contributed by atoms with van der Waals surface area (Å²) in [6, 6.07) is 26.8. The van der Waals surface area contributed by atoms with E-state index >= 15 is 0 Å². The van der Waals surface area contributed by atoms with Crippen LogP contribution in [-0.2, 0) is 4.43 Å². The van der Waals surface area contributed by atoms with Crippen LogP contribution in [0.5, 0.6) is 5.75 Å². The topological polar surface area (TPSA) is 21.7 Å². The molecule has 0 N–H and O–H groups in total. The lowest BCUT2D eigenvalue weighted by molar-refractivity contribution is 0.214. The standard InChI is InChI=1S/C27H31NO2Si/c1-27(2,3)31(5,6)30-26(29-20-14-8-7-9-15-20)25-21-16-10-12-18-23(21)28(4)24-19-13-11-17-22(24)25/h7-19H,1-6H3. The van der Waals surface area contributed by atoms with Gasteiger partial charge in [0.1, 0.15) is 5.75 Å². The molecular formula is C27H31NO2Si. The largest absolute Gasteiger partial charge is 0.518 e. The highest BCUT2D eigenvalue weighted by Crippen LogP contribution is 2.47. The van der Waals surface area contributed by atoms with Crippen LogP contribution in [0.25, 0.3) is 5.57 Å². The number of ether oxygens (including phenoxy) is 1. The summed E-state index contributed by atoms with van der Waals surface area (Å²) >= 11 is 0. The van der Waals surface area contributed by atoms with Gasteiger partial charge in [-0.1, -0.05) is 75.4 Å². The summed E-state index contributed by atoms with van der Waals surface area (Å²) in [5.74, 6) is 1.36. The number of para-hydroxylation sites is 3. The first-order valence-electron chi connectivity index (χ1n) is 10.8. The molecule has 3 aromatic rings. The maximum absolute atomic E-state index is 6.87. The smallest absolute Gasteiger partial charge is 0.279 e. The van der Waals surface area contributed by atoms with Crippen molar-refractivity contribution in [3.63, 3.8) is 0 Å². The molecule has 0 amide bonds. The summed E-state index contributed by atoms with van der Waals surface area (Å²) in [4.78, 5) is 2.24. The molecule has 160 valence electrons. The van der Waals surface area contributed by atoms with Crippen LogP contribution in [0.4, 0.5) is 11.4 Å². The van der Waals surface area contributed by atoms with Crippen molar-refractivity contribution in [2.24, 2.45) is 0 Å². The number of rotatable bonds is 4. The molecule has 1 aliphatic heterocycles. The van der Waals surface area contributed by atoms with E-state index in [1.165, 1.54) is 0 Å². The lowest BCUT2D eigenvalue weighted by Crippen LogP contribution is -2.41. The number of nitrogens with zero attached hydrogens (tertiary/aromatic N) is 1. The normalized spacial score (nSPS) is 13.4. The number of hydrogen-bond donors (Lipinski definition) is 0. The van der Waals surface area contributed by atoms with Crippen molar-refractivity contribution >= 4 is 25.3 Å². The zero-order chi connectivity index (χ0) is 22.2. The van der Waals surface area contributed by atoms with Crippen LogP contribution in [0, 0.1) is 0 Å². The van der Waals surface area contributed by atoms with Crippen molar-refractivity contribution in [3.8, 4) is 5.75 Å². The molecule has 0 saturated heterocycles. The fourth-order valence-corrected chi connectivity index (χ4v) is 4.47. The van der Waals surface area contributed by atoms with Gasteiger partial charge in [-0.2, -0.15) is 0 Å². The molecule has 0 radical (unpaired) electrons. The van der Waals surface area contributed by atoms with Crippen molar-refractivity contribution in [2.45, 2.75) is 38.9 Å². The first kappa shape index (κ1) is 21.3. The maximum Gasteiger partial charge on any atom is 0.279 e. The predicted molar refractivity (Wildman–Crippen MR) is 132 cm³/mol. The number of anilines is 2. The zero-order valence-electron chi connectivity index (χ0n) is 19.3. The SMILES string of the molecule is CN1c2ccccc2C(=C(Oc2ccccc2)O[Si](C)(C)C(C)(C)C)c2ccccc21. The van der Waals surface area contributed by atoms with Gasteiger partial charge in [0.2, 0.25) is 0 Å². The molecule has 1 aliphatic rings. The van der Waals surface area contributed by atoms with E-state index in [0.717, 1.165) is 33.8 Å². The zero-order valence-corrected chi connectivity index (χ0v) is 20.3. The molecule has 3 aromatic carbocycles. The monoisotopic (exact) mass is 429 g/mol. The lowest BCUT2D eigenvalue weighted by atomic mass is 9.91. The van der Waals surface area contributed by atoms with Crippen molar-refractivity contribution in [3.05, 3.63) is 95.9 Å². The Morgan fingerprint density at radius 2 is 1.23 bits per heavy atom. The van der Waals surface area contributed by atoms with Gasteiger partial charge in [-0.05, 0) is 42.4 Å². The van der Waals surface area contributed by atoms with E-state index in [4.69, 9.17) is 9.16 Å². The Morgan fingerprint density at radius 3 is 1.74 bits per heavy atom. The van der Waals surface area contributed by atoms with Gasteiger partial charge in [-0.3, -0.25) is 0 Å². The molecular weight excluding hydrogens is 398 g/mol. The second-order valence-electron chi connectivity index (χ2n) is 9.53. The average Bonchev–Trinajstić information content (AvgIpc) is 2.74. The summed E-state index contributed by atoms with van der Waals surface area (Å²) in [6.07, 6.45) is 0. The Bertz CT molecular complexity index is 1060. The van der Waals surface area contributed by atoms with E-state index in [0.29, 0.717) is 5.95 Å². The molecule has 0 unspecified atom stereocenters. The van der Waals surface area contributed by atoms with E-state index in [1.54, 1.807) is 0 Å². The maximum atomic E-state index is 6.87. The number of benzene rings is 3. The van der Waals surface area contributed by atoms with Crippen LogP contribution in [0.3, 0.4) is 0 Å². The van der Waals surface area contributed by atoms with Crippen LogP contribution < -0.4 is 9.64 Å². The predicted octanol–water partition coefficient (Wildman–Crippen LogP) is 7.59. The molecule has 0 spiro atoms. The third-order valence-electron chi connectivity index (χ3n) is 6.38. The summed E-state index contributed by atoms with van der Waals surface area (Å²) in [6.45, 7) is 11.3. The van der Waals surface area contributed by atoms with Crippen molar-refractivity contribution in [1.82, 2.24) is 0 Å². The Balaban J connectivity index is 1.98. The Morgan fingerprint density at radius 1 is 0.742 bits per heavy atom. The van der Waals surface area contributed by atoms with Gasteiger partial charge in [0, 0.05) is 29.5 Å². The van der Waals surface area contributed by atoms with Crippen molar-refractivity contribution in [2.75, 3.05) is 11.9 Å². The second kappa shape index (κ2) is 7.93. The fourth-order valence-electron chi connectivity index (χ4n) is 3.55. The molecule has 31 heavy (non-hydrogen) atoms. The van der Waals surface area contributed by atoms with Gasteiger partial charge < -0.3 is 14.1 Å². The molecule has 0 aromatic heterocycles. The van der Waals surface area contributed by atoms with Crippen molar-refractivity contribution < 1.29 is 9.16 Å². The fraction of sp³-hybridized carbons (Fsp3) is 0.259. The van der Waals surface area contributed by atoms with E-state index in [1.807, 2.05) is 30.3 Å². The first-order valence-corrected chi connectivity index (χ1v) is 13.7. The Kier molecular flexibility index (Phi) is 5.44. The molecule has 0 bridgehead atoms. The quantitative estimate of drug-likeness (QED) is 0.315. The highest BCUT2D eigenvalue weighted by molar-refractivity contribution is 6.74. The molecule has 4 heteroatoms. The molecule has 0 saturated carbocycles. The third kappa shape index (κ3) is 4.00. The van der Waals surface area contributed by atoms with E-state index < -0.39 is 8.32 Å². The van der Waals surface area contributed by atoms with E-state index in [9.17, 15) is 0 Å². The molecule has 0 fully saturated rings. The number of fused-ring (bicyclic) bond motifs is 2. The molecule has 1 heterocycles. The minimum Gasteiger partial charge on any atom is -0.518 e. The molecule has 0 atom stereocenters. The average molecular weight is 430 g/mol. The Hall–Kier alpha value is -2.98. The van der Waals surface area contributed by atoms with Crippen LogP contribution in [0.15, 0.2) is 84.8 Å². The van der Waals surface area contributed by atoms with Crippen LogP contribution >= 0.6 is 0 Å². The number of hydrogen-bond acceptors (Lipinski definition) is 3. The lowest BCUT2D eigenvalue weighted by Gasteiger charge is -2.38. The van der Waals surface area contributed by atoms with E-state index in [2.05, 4.69) is 94.3 Å². The van der Waals surface area contributed by atoms with Gasteiger partial charge in [0.25, 0.3) is 14.3 Å². The van der Waals surface area contributed by atoms with Gasteiger partial charge in [-0.25, -0.2) is 0 Å². The summed E-state index contributed by atoms with van der Waals surface area (Å²) in [5, 5.41) is 0.0450. The van der Waals surface area contributed by atoms with Gasteiger partial charge in [0.05, 0.1) is 5.57 Å². The van der Waals surface area contributed by atoms with Gasteiger partial charge in [-0.15, -0.1) is 0 Å². The van der Waals surface area contributed by atoms with Crippen LogP contribution in [0.2, 0.25) is 18.1 Å². The van der Waals surface area contributed by atoms with Crippen LogP contribution in [-0.4, -0.2) is 15.4 Å². The van der Waals surface area contributed by atoms with Gasteiger partial charge >= 0.3 is 0 Å². The van der Waals surface area contributed by atoms with Gasteiger partial charge in [0.15, 0.2) is 0 Å². The molecule has 3 nitrogen and oxygen atoms in total. The minimum atomic E-state index is -2.16. The minimum absolute atomic E-state index is 0.0450. The Labute approximate surface area is 187 Å². The summed E-state index contributed by atoms with van der Waals surface area (Å²) in [5.41, 5.74) is 5.54. The van der Waals surface area contributed by atoms with E-state index in [-0.39, 0.29) is 5.04 Å². The summed E-state index contributed by atoms with van der Waals surface area (Å²) < 4.78 is 13.4. The highest BCUT2D eigenvalue weighted by Gasteiger charge is 2.41. The third-order valence-corrected chi connectivity index (χ3v) is 10.7.